The quantitative estimate of drug-likeness (QED) is 0.519. The largest absolute Gasteiger partial charge is 0.457 e. The predicted octanol–water partition coefficient (Wildman–Crippen LogP) is 5.28. The molecule has 2 atom stereocenters. The van der Waals surface area contributed by atoms with Gasteiger partial charge in [0.1, 0.15) is 5.75 Å². The van der Waals surface area contributed by atoms with Crippen LogP contribution in [-0.4, -0.2) is 15.3 Å². The van der Waals surface area contributed by atoms with Gasteiger partial charge in [-0.3, -0.25) is 4.79 Å². The van der Waals surface area contributed by atoms with Crippen molar-refractivity contribution in [3.05, 3.63) is 45.6 Å². The molecule has 3 rings (SSSR count). The Morgan fingerprint density at radius 2 is 2.04 bits per heavy atom. The van der Waals surface area contributed by atoms with Crippen molar-refractivity contribution in [1.82, 2.24) is 9.36 Å². The van der Waals surface area contributed by atoms with Crippen LogP contribution < -0.4 is 4.74 Å². The summed E-state index contributed by atoms with van der Waals surface area (Å²) in [4.78, 5) is 16.6. The lowest BCUT2D eigenvalue weighted by molar-refractivity contribution is -0.147. The van der Waals surface area contributed by atoms with Gasteiger partial charge in [0.15, 0.2) is 12.4 Å². The zero-order valence-electron chi connectivity index (χ0n) is 13.6. The molecule has 0 radical (unpaired) electrons. The fourth-order valence-corrected chi connectivity index (χ4v) is 3.85. The van der Waals surface area contributed by atoms with Gasteiger partial charge in [0.25, 0.3) is 5.19 Å². The summed E-state index contributed by atoms with van der Waals surface area (Å²) >= 11 is 7.82. The summed E-state index contributed by atoms with van der Waals surface area (Å²) < 4.78 is 16.0. The van der Waals surface area contributed by atoms with E-state index in [-0.39, 0.29) is 29.8 Å². The molecule has 1 aromatic heterocycles. The summed E-state index contributed by atoms with van der Waals surface area (Å²) in [5, 5.41) is 0.424. The van der Waals surface area contributed by atoms with Crippen LogP contribution in [0.4, 0.5) is 0 Å². The van der Waals surface area contributed by atoms with Gasteiger partial charge >= 0.3 is 5.97 Å². The van der Waals surface area contributed by atoms with Crippen molar-refractivity contribution in [3.8, 4) is 10.9 Å². The lowest BCUT2D eigenvalue weighted by Crippen LogP contribution is -2.11. The molecular weight excluding hydrogens is 472 g/mol. The van der Waals surface area contributed by atoms with Crippen molar-refractivity contribution >= 4 is 49.4 Å². The number of para-hydroxylation sites is 1. The van der Waals surface area contributed by atoms with E-state index in [1.807, 2.05) is 36.4 Å². The van der Waals surface area contributed by atoms with Crippen LogP contribution in [0.1, 0.15) is 19.7 Å². The molecule has 0 amide bonds. The molecule has 0 saturated heterocycles. The molecule has 0 aliphatic heterocycles. The van der Waals surface area contributed by atoms with E-state index in [1.165, 1.54) is 0 Å². The van der Waals surface area contributed by atoms with Crippen molar-refractivity contribution in [2.45, 2.75) is 20.5 Å². The topological polar surface area (TPSA) is 61.3 Å². The van der Waals surface area contributed by atoms with Crippen molar-refractivity contribution in [2.75, 3.05) is 0 Å². The average Bonchev–Trinajstić information content (AvgIpc) is 2.90. The molecule has 1 saturated carbocycles. The third-order valence-electron chi connectivity index (χ3n) is 4.21. The van der Waals surface area contributed by atoms with E-state index < -0.39 is 0 Å². The normalized spacial score (nSPS) is 20.6. The number of rotatable bonds is 6. The van der Waals surface area contributed by atoms with Gasteiger partial charge in [0.2, 0.25) is 0 Å². The molecular formula is C17H16Br2N2O3S. The smallest absolute Gasteiger partial charge is 0.310 e. The van der Waals surface area contributed by atoms with Gasteiger partial charge in [-0.25, -0.2) is 0 Å². The van der Waals surface area contributed by atoms with Gasteiger partial charge in [-0.05, 0) is 55.3 Å². The van der Waals surface area contributed by atoms with E-state index in [2.05, 4.69) is 55.1 Å². The number of hydrogen-bond acceptors (Lipinski definition) is 6. The number of esters is 1. The van der Waals surface area contributed by atoms with Crippen molar-refractivity contribution in [1.29, 1.82) is 0 Å². The molecule has 1 aliphatic carbocycles. The van der Waals surface area contributed by atoms with Crippen LogP contribution in [-0.2, 0) is 16.1 Å². The summed E-state index contributed by atoms with van der Waals surface area (Å²) in [7, 11) is 0. The fraction of sp³-hybridized carbons (Fsp3) is 0.353. The highest BCUT2D eigenvalue weighted by atomic mass is 79.9. The molecule has 1 aromatic carbocycles. The maximum Gasteiger partial charge on any atom is 0.310 e. The number of ether oxygens (including phenoxy) is 2. The van der Waals surface area contributed by atoms with E-state index in [0.29, 0.717) is 16.8 Å². The number of carbonyl (C=O) groups excluding carboxylic acids is 1. The number of nitrogens with zero attached hydrogens (tertiary/aromatic N) is 2. The maximum atomic E-state index is 12.3. The van der Waals surface area contributed by atoms with Crippen LogP contribution in [0.5, 0.6) is 10.9 Å². The van der Waals surface area contributed by atoms with Gasteiger partial charge < -0.3 is 9.47 Å². The van der Waals surface area contributed by atoms with Gasteiger partial charge in [0, 0.05) is 11.5 Å². The lowest BCUT2D eigenvalue weighted by atomic mass is 10.1. The molecule has 0 unspecified atom stereocenters. The Kier molecular flexibility index (Phi) is 5.60. The molecule has 1 heterocycles. The molecule has 8 heteroatoms. The van der Waals surface area contributed by atoms with Gasteiger partial charge in [-0.2, -0.15) is 9.36 Å². The number of hydrogen-bond donors (Lipinski definition) is 0. The number of halogens is 2. The van der Waals surface area contributed by atoms with Crippen molar-refractivity contribution in [2.24, 2.45) is 17.3 Å². The lowest BCUT2D eigenvalue weighted by Gasteiger charge is -2.03. The van der Waals surface area contributed by atoms with Crippen LogP contribution in [0.2, 0.25) is 0 Å². The number of carbonyl (C=O) groups is 1. The molecule has 1 aliphatic rings. The maximum absolute atomic E-state index is 12.3. The summed E-state index contributed by atoms with van der Waals surface area (Å²) in [5.41, 5.74) is -0.110. The van der Waals surface area contributed by atoms with E-state index in [4.69, 9.17) is 9.47 Å². The van der Waals surface area contributed by atoms with Gasteiger partial charge in [0.05, 0.1) is 9.31 Å². The van der Waals surface area contributed by atoms with E-state index in [0.717, 1.165) is 14.9 Å². The average molecular weight is 488 g/mol. The van der Waals surface area contributed by atoms with E-state index in [9.17, 15) is 4.79 Å². The van der Waals surface area contributed by atoms with Crippen LogP contribution >= 0.6 is 43.4 Å². The number of allylic oxidation sites excluding steroid dienone is 1. The third kappa shape index (κ3) is 4.48. The van der Waals surface area contributed by atoms with E-state index in [1.54, 1.807) is 0 Å². The van der Waals surface area contributed by atoms with Crippen LogP contribution in [0.15, 0.2) is 39.8 Å². The Balaban J connectivity index is 1.54. The first-order valence-corrected chi connectivity index (χ1v) is 9.99. The van der Waals surface area contributed by atoms with Gasteiger partial charge in [-0.15, -0.1) is 0 Å². The van der Waals surface area contributed by atoms with Crippen LogP contribution in [0, 0.1) is 17.3 Å². The molecule has 0 bridgehead atoms. The highest BCUT2D eigenvalue weighted by Gasteiger charge is 2.61. The highest BCUT2D eigenvalue weighted by Crippen LogP contribution is 2.60. The molecule has 0 N–H and O–H groups in total. The molecule has 5 nitrogen and oxygen atoms in total. The Hall–Kier alpha value is -1.25. The molecule has 2 aromatic rings. The second-order valence-electron chi connectivity index (χ2n) is 6.28. The minimum atomic E-state index is -0.229. The Morgan fingerprint density at radius 1 is 1.32 bits per heavy atom. The first-order valence-electron chi connectivity index (χ1n) is 7.63. The Bertz CT molecular complexity index is 788. The first kappa shape index (κ1) is 18.5. The molecule has 132 valence electrons. The summed E-state index contributed by atoms with van der Waals surface area (Å²) in [6.45, 7) is 4.15. The predicted molar refractivity (Wildman–Crippen MR) is 103 cm³/mol. The zero-order valence-corrected chi connectivity index (χ0v) is 17.6. The minimum Gasteiger partial charge on any atom is -0.457 e. The standard InChI is InChI=1S/C17H16Br2N2O3S/c1-17(2)11(8-12(18)19)14(17)15(22)23-9-13-20-16(25-21-13)24-10-6-4-3-5-7-10/h3-8,11,14H,9H2,1-2H3/t11-,14-/m0/s1. The number of benzene rings is 1. The third-order valence-corrected chi connectivity index (χ3v) is 5.37. The summed E-state index contributed by atoms with van der Waals surface area (Å²) in [5.74, 6) is 0.895. The minimum absolute atomic E-state index is 0.0476. The molecule has 0 spiro atoms. The fourth-order valence-electron chi connectivity index (χ4n) is 2.73. The van der Waals surface area contributed by atoms with Crippen molar-refractivity contribution < 1.29 is 14.3 Å². The monoisotopic (exact) mass is 486 g/mol. The Labute approximate surface area is 166 Å². The van der Waals surface area contributed by atoms with Crippen molar-refractivity contribution in [3.63, 3.8) is 0 Å². The molecule has 25 heavy (non-hydrogen) atoms. The van der Waals surface area contributed by atoms with Gasteiger partial charge in [-0.1, -0.05) is 38.1 Å². The second-order valence-corrected chi connectivity index (χ2v) is 9.77. The van der Waals surface area contributed by atoms with Crippen LogP contribution in [0.3, 0.4) is 0 Å². The second kappa shape index (κ2) is 7.55. The van der Waals surface area contributed by atoms with Crippen LogP contribution in [0.25, 0.3) is 0 Å². The Morgan fingerprint density at radius 3 is 2.72 bits per heavy atom. The summed E-state index contributed by atoms with van der Waals surface area (Å²) in [6.07, 6.45) is 1.98. The van der Waals surface area contributed by atoms with E-state index >= 15 is 0 Å². The molecule has 1 fully saturated rings. The number of aromatic nitrogens is 2. The zero-order chi connectivity index (χ0) is 18.0. The first-order chi connectivity index (χ1) is 11.9. The SMILES string of the molecule is CC1(C)[C@H](C(=O)OCc2nsc(Oc3ccccc3)n2)[C@@H]1C=C(Br)Br. The summed E-state index contributed by atoms with van der Waals surface area (Å²) in [6, 6.07) is 9.35. The highest BCUT2D eigenvalue weighted by molar-refractivity contribution is 9.28.